The largest absolute Gasteiger partial charge is 0.388 e. The average molecular weight is 384 g/mol. The third-order valence-corrected chi connectivity index (χ3v) is 4.76. The molecule has 28 heavy (non-hydrogen) atoms. The maximum absolute atomic E-state index is 9.25. The predicted molar refractivity (Wildman–Crippen MR) is 101 cm³/mol. The van der Waals surface area contributed by atoms with Crippen LogP contribution in [-0.4, -0.2) is 32.3 Å². The van der Waals surface area contributed by atoms with Gasteiger partial charge in [0, 0.05) is 30.6 Å². The fourth-order valence-electron chi connectivity index (χ4n) is 3.48. The van der Waals surface area contributed by atoms with Crippen molar-refractivity contribution in [2.75, 3.05) is 0 Å². The molecule has 4 heterocycles. The van der Waals surface area contributed by atoms with Crippen molar-refractivity contribution in [2.45, 2.75) is 40.2 Å². The molecule has 9 nitrogen and oxygen atoms in total. The number of hydrazine groups is 1. The second-order valence-corrected chi connectivity index (χ2v) is 7.87. The van der Waals surface area contributed by atoms with Gasteiger partial charge >= 0.3 is 0 Å². The summed E-state index contributed by atoms with van der Waals surface area (Å²) in [4.78, 5) is 4.14. The van der Waals surface area contributed by atoms with E-state index < -0.39 is 0 Å². The molecule has 1 saturated heterocycles. The Balaban J connectivity index is 1.59. The van der Waals surface area contributed by atoms with Crippen molar-refractivity contribution in [3.05, 3.63) is 59.5 Å². The molecule has 0 bridgehead atoms. The summed E-state index contributed by atoms with van der Waals surface area (Å²) in [7, 11) is 0. The fraction of sp³-hybridized carbons (Fsp3) is 0.421. The first kappa shape index (κ1) is 18.6. The molecule has 2 atom stereocenters. The summed E-state index contributed by atoms with van der Waals surface area (Å²) in [6, 6.07) is 5.55. The number of aromatic nitrogens is 2. The molecule has 0 spiro atoms. The standard InChI is InChI=1S/C19H24N6O3/c1-19(2,3)16-15-9-21-22-17(14-7-13(10-26)28-24-14)25(15)23-18(16)27-11-12-5-4-6-20-8-12/h4-9,16,18,21,23,26H,10-11H2,1-3H3. The number of pyridine rings is 1. The first-order chi connectivity index (χ1) is 13.5. The van der Waals surface area contributed by atoms with E-state index in [0.29, 0.717) is 23.9 Å². The van der Waals surface area contributed by atoms with E-state index in [2.05, 4.69) is 46.9 Å². The van der Waals surface area contributed by atoms with Crippen LogP contribution in [0.1, 0.15) is 37.8 Å². The van der Waals surface area contributed by atoms with Gasteiger partial charge in [-0.25, -0.2) is 0 Å². The van der Waals surface area contributed by atoms with Crippen molar-refractivity contribution >= 4 is 5.84 Å². The van der Waals surface area contributed by atoms with Gasteiger partial charge in [0.15, 0.2) is 17.3 Å². The monoisotopic (exact) mass is 384 g/mol. The Labute approximate surface area is 163 Å². The third kappa shape index (κ3) is 3.51. The van der Waals surface area contributed by atoms with Crippen molar-refractivity contribution in [2.24, 2.45) is 16.4 Å². The highest BCUT2D eigenvalue weighted by atomic mass is 16.5. The van der Waals surface area contributed by atoms with Gasteiger partial charge in [0.1, 0.15) is 12.8 Å². The summed E-state index contributed by atoms with van der Waals surface area (Å²) < 4.78 is 11.4. The Kier molecular flexibility index (Phi) is 4.88. The third-order valence-electron chi connectivity index (χ3n) is 4.76. The zero-order valence-electron chi connectivity index (χ0n) is 16.1. The molecule has 2 unspecified atom stereocenters. The van der Waals surface area contributed by atoms with E-state index in [4.69, 9.17) is 9.26 Å². The topological polar surface area (TPSA) is 108 Å². The molecule has 2 aromatic heterocycles. The minimum absolute atomic E-state index is 0.0615. The van der Waals surface area contributed by atoms with E-state index in [1.54, 1.807) is 18.5 Å². The Morgan fingerprint density at radius 1 is 1.36 bits per heavy atom. The molecule has 4 rings (SSSR count). The number of ether oxygens (including phenoxy) is 1. The number of rotatable bonds is 5. The maximum Gasteiger partial charge on any atom is 0.197 e. The molecule has 0 radical (unpaired) electrons. The smallest absolute Gasteiger partial charge is 0.197 e. The molecular formula is C19H24N6O3. The average Bonchev–Trinajstić information content (AvgIpc) is 3.30. The van der Waals surface area contributed by atoms with Gasteiger partial charge in [-0.3, -0.25) is 15.4 Å². The van der Waals surface area contributed by atoms with Crippen LogP contribution >= 0.6 is 0 Å². The summed E-state index contributed by atoms with van der Waals surface area (Å²) in [5.74, 6) is 0.999. The number of hydrogen-bond acceptors (Lipinski definition) is 9. The molecule has 1 fully saturated rings. The summed E-state index contributed by atoms with van der Waals surface area (Å²) in [5.41, 5.74) is 8.83. The second kappa shape index (κ2) is 7.34. The van der Waals surface area contributed by atoms with E-state index in [-0.39, 0.29) is 24.2 Å². The predicted octanol–water partition coefficient (Wildman–Crippen LogP) is 1.69. The number of fused-ring (bicyclic) bond motifs is 1. The maximum atomic E-state index is 9.25. The highest BCUT2D eigenvalue weighted by Crippen LogP contribution is 2.41. The molecule has 2 aliphatic rings. The molecule has 2 aromatic rings. The normalized spacial score (nSPS) is 21.8. The number of nitrogens with zero attached hydrogens (tertiary/aromatic N) is 4. The zero-order chi connectivity index (χ0) is 19.7. The van der Waals surface area contributed by atoms with Gasteiger partial charge in [-0.1, -0.05) is 32.0 Å². The summed E-state index contributed by atoms with van der Waals surface area (Å²) in [6.07, 6.45) is 5.15. The minimum Gasteiger partial charge on any atom is -0.388 e. The van der Waals surface area contributed by atoms with Crippen molar-refractivity contribution in [3.8, 4) is 0 Å². The SMILES string of the molecule is CC(C)(C)C1C2=CNN=C(c3cc(CO)on3)N2NC1OCc1cccnc1. The number of hydrazone groups is 1. The van der Waals surface area contributed by atoms with Gasteiger partial charge in [-0.15, -0.1) is 0 Å². The van der Waals surface area contributed by atoms with Gasteiger partial charge in [-0.05, 0) is 17.0 Å². The molecule has 2 aliphatic heterocycles. The first-order valence-corrected chi connectivity index (χ1v) is 9.14. The highest BCUT2D eigenvalue weighted by molar-refractivity contribution is 5.98. The summed E-state index contributed by atoms with van der Waals surface area (Å²) in [6.45, 7) is 6.75. The number of aliphatic hydroxyl groups is 1. The molecule has 9 heteroatoms. The number of amidine groups is 1. The van der Waals surface area contributed by atoms with Crippen molar-refractivity contribution in [1.82, 2.24) is 26.0 Å². The van der Waals surface area contributed by atoms with E-state index in [1.807, 2.05) is 23.3 Å². The van der Waals surface area contributed by atoms with E-state index >= 15 is 0 Å². The van der Waals surface area contributed by atoms with Crippen LogP contribution in [0.25, 0.3) is 0 Å². The van der Waals surface area contributed by atoms with Gasteiger partial charge in [0.2, 0.25) is 0 Å². The minimum atomic E-state index is -0.263. The van der Waals surface area contributed by atoms with Crippen LogP contribution in [-0.2, 0) is 18.0 Å². The van der Waals surface area contributed by atoms with Gasteiger partial charge in [0.25, 0.3) is 0 Å². The van der Waals surface area contributed by atoms with Crippen molar-refractivity contribution in [3.63, 3.8) is 0 Å². The van der Waals surface area contributed by atoms with Crippen LogP contribution in [0.5, 0.6) is 0 Å². The molecule has 0 aromatic carbocycles. The van der Waals surface area contributed by atoms with Crippen LogP contribution in [0.4, 0.5) is 0 Å². The lowest BCUT2D eigenvalue weighted by Gasteiger charge is -2.32. The lowest BCUT2D eigenvalue weighted by Crippen LogP contribution is -2.43. The Morgan fingerprint density at radius 3 is 2.89 bits per heavy atom. The lowest BCUT2D eigenvalue weighted by atomic mass is 9.78. The van der Waals surface area contributed by atoms with Gasteiger partial charge in [0.05, 0.1) is 12.3 Å². The van der Waals surface area contributed by atoms with Crippen molar-refractivity contribution < 1.29 is 14.4 Å². The highest BCUT2D eigenvalue weighted by Gasteiger charge is 2.47. The molecule has 0 amide bonds. The lowest BCUT2D eigenvalue weighted by molar-refractivity contribution is -0.0289. The Hall–Kier alpha value is -2.75. The number of hydrogen-bond donors (Lipinski definition) is 3. The van der Waals surface area contributed by atoms with Crippen LogP contribution < -0.4 is 10.9 Å². The van der Waals surface area contributed by atoms with Crippen LogP contribution in [0.2, 0.25) is 0 Å². The van der Waals surface area contributed by atoms with Crippen molar-refractivity contribution in [1.29, 1.82) is 0 Å². The van der Waals surface area contributed by atoms with E-state index in [1.165, 1.54) is 0 Å². The van der Waals surface area contributed by atoms with Crippen LogP contribution in [0.15, 0.2) is 52.1 Å². The van der Waals surface area contributed by atoms with Gasteiger partial charge < -0.3 is 14.4 Å². The Bertz CT molecular complexity index is 887. The van der Waals surface area contributed by atoms with E-state index in [0.717, 1.165) is 11.3 Å². The quantitative estimate of drug-likeness (QED) is 0.715. The summed E-state index contributed by atoms with van der Waals surface area (Å²) >= 11 is 0. The molecular weight excluding hydrogens is 360 g/mol. The first-order valence-electron chi connectivity index (χ1n) is 9.14. The summed E-state index contributed by atoms with van der Waals surface area (Å²) in [5, 5.41) is 19.5. The molecule has 3 N–H and O–H groups in total. The van der Waals surface area contributed by atoms with Crippen LogP contribution in [0, 0.1) is 11.3 Å². The number of nitrogens with one attached hydrogen (secondary N) is 2. The molecule has 148 valence electrons. The molecule has 0 aliphatic carbocycles. The second-order valence-electron chi connectivity index (χ2n) is 7.87. The zero-order valence-corrected chi connectivity index (χ0v) is 16.1. The van der Waals surface area contributed by atoms with Crippen LogP contribution in [0.3, 0.4) is 0 Å². The Morgan fingerprint density at radius 2 is 2.21 bits per heavy atom. The van der Waals surface area contributed by atoms with E-state index in [9.17, 15) is 5.11 Å². The molecule has 0 saturated carbocycles. The van der Waals surface area contributed by atoms with Gasteiger partial charge in [-0.2, -0.15) is 10.5 Å². The number of aliphatic hydroxyl groups excluding tert-OH is 1. The fourth-order valence-corrected chi connectivity index (χ4v) is 3.48.